The lowest BCUT2D eigenvalue weighted by Gasteiger charge is -2.34. The fraction of sp³-hybridized carbons (Fsp3) is 0.500. The first-order valence-corrected chi connectivity index (χ1v) is 7.84. The Kier molecular flexibility index (Phi) is 7.97. The first-order valence-electron chi connectivity index (χ1n) is 7.84. The van der Waals surface area contributed by atoms with Gasteiger partial charge in [0.2, 0.25) is 5.91 Å². The number of halogens is 1. The van der Waals surface area contributed by atoms with Crippen molar-refractivity contribution >= 4 is 35.7 Å². The second-order valence-corrected chi connectivity index (χ2v) is 5.62. The van der Waals surface area contributed by atoms with Crippen LogP contribution in [0.25, 0.3) is 0 Å². The second kappa shape index (κ2) is 9.46. The van der Waals surface area contributed by atoms with Gasteiger partial charge < -0.3 is 26.4 Å². The Morgan fingerprint density at radius 3 is 2.42 bits per heavy atom. The molecule has 2 rings (SSSR count). The highest BCUT2D eigenvalue weighted by Gasteiger charge is 2.38. The van der Waals surface area contributed by atoms with E-state index in [0.717, 1.165) is 0 Å². The lowest BCUT2D eigenvalue weighted by atomic mass is 9.79. The standard InChI is InChI=1S/C16H24N4O3.ClH/c1-2-18-15(22)20-13-5-3-4-12(10-13)19-14(21)16(11-17)6-8-23-9-7-16;/h3-5,10H,2,6-9,11,17H2,1H3,(H,19,21)(H2,18,20,22);1H. The predicted molar refractivity (Wildman–Crippen MR) is 96.6 cm³/mol. The molecule has 1 saturated heterocycles. The number of nitrogens with two attached hydrogens (primary N) is 1. The van der Waals surface area contributed by atoms with Crippen LogP contribution in [-0.2, 0) is 9.53 Å². The van der Waals surface area contributed by atoms with E-state index >= 15 is 0 Å². The first kappa shape index (κ1) is 20.2. The van der Waals surface area contributed by atoms with Gasteiger partial charge in [-0.1, -0.05) is 6.07 Å². The van der Waals surface area contributed by atoms with Crippen molar-refractivity contribution in [1.82, 2.24) is 5.32 Å². The predicted octanol–water partition coefficient (Wildman–Crippen LogP) is 1.94. The minimum absolute atomic E-state index is 0. The Morgan fingerprint density at radius 1 is 1.21 bits per heavy atom. The number of carbonyl (C=O) groups excluding carboxylic acids is 2. The zero-order valence-corrected chi connectivity index (χ0v) is 14.6. The minimum atomic E-state index is -0.582. The third-order valence-corrected chi connectivity index (χ3v) is 4.04. The van der Waals surface area contributed by atoms with Crippen molar-refractivity contribution in [3.63, 3.8) is 0 Å². The molecule has 0 radical (unpaired) electrons. The molecule has 0 atom stereocenters. The van der Waals surface area contributed by atoms with Gasteiger partial charge in [-0.25, -0.2) is 4.79 Å². The molecule has 5 N–H and O–H groups in total. The van der Waals surface area contributed by atoms with Gasteiger partial charge in [0.05, 0.1) is 5.41 Å². The number of hydrogen-bond acceptors (Lipinski definition) is 4. The van der Waals surface area contributed by atoms with Gasteiger partial charge in [0.25, 0.3) is 0 Å². The molecule has 0 unspecified atom stereocenters. The number of benzene rings is 1. The fourth-order valence-electron chi connectivity index (χ4n) is 2.56. The first-order chi connectivity index (χ1) is 11.1. The van der Waals surface area contributed by atoms with Gasteiger partial charge in [-0.2, -0.15) is 0 Å². The number of carbonyl (C=O) groups is 2. The Morgan fingerprint density at radius 2 is 1.83 bits per heavy atom. The normalized spacial score (nSPS) is 15.8. The summed E-state index contributed by atoms with van der Waals surface area (Å²) < 4.78 is 5.32. The molecule has 0 spiro atoms. The molecule has 1 fully saturated rings. The van der Waals surface area contributed by atoms with E-state index in [9.17, 15) is 9.59 Å². The Bertz CT molecular complexity index is 562. The number of nitrogens with one attached hydrogen (secondary N) is 3. The zero-order chi connectivity index (χ0) is 16.7. The summed E-state index contributed by atoms with van der Waals surface area (Å²) in [5.74, 6) is -0.0986. The SMILES string of the molecule is CCNC(=O)Nc1cccc(NC(=O)C2(CN)CCOCC2)c1.Cl. The van der Waals surface area contributed by atoms with Crippen molar-refractivity contribution < 1.29 is 14.3 Å². The maximum Gasteiger partial charge on any atom is 0.319 e. The molecule has 1 aromatic rings. The molecule has 1 aromatic carbocycles. The summed E-state index contributed by atoms with van der Waals surface area (Å²) in [5, 5.41) is 8.27. The fourth-order valence-corrected chi connectivity index (χ4v) is 2.56. The highest BCUT2D eigenvalue weighted by atomic mass is 35.5. The van der Waals surface area contributed by atoms with Crippen molar-refractivity contribution in [3.8, 4) is 0 Å². The van der Waals surface area contributed by atoms with E-state index in [-0.39, 0.29) is 24.3 Å². The average molecular weight is 357 g/mol. The number of rotatable bonds is 5. The van der Waals surface area contributed by atoms with Crippen LogP contribution in [0.15, 0.2) is 24.3 Å². The van der Waals surface area contributed by atoms with Crippen LogP contribution in [0.1, 0.15) is 19.8 Å². The smallest absolute Gasteiger partial charge is 0.319 e. The molecular weight excluding hydrogens is 332 g/mol. The van der Waals surface area contributed by atoms with Crippen LogP contribution in [0.2, 0.25) is 0 Å². The van der Waals surface area contributed by atoms with Crippen LogP contribution in [0.4, 0.5) is 16.2 Å². The van der Waals surface area contributed by atoms with Gasteiger partial charge in [0.1, 0.15) is 0 Å². The maximum atomic E-state index is 12.6. The number of hydrogen-bond donors (Lipinski definition) is 4. The Labute approximate surface area is 148 Å². The summed E-state index contributed by atoms with van der Waals surface area (Å²) >= 11 is 0. The highest BCUT2D eigenvalue weighted by Crippen LogP contribution is 2.31. The van der Waals surface area contributed by atoms with E-state index in [1.165, 1.54) is 0 Å². The van der Waals surface area contributed by atoms with Crippen LogP contribution in [0.5, 0.6) is 0 Å². The van der Waals surface area contributed by atoms with E-state index in [4.69, 9.17) is 10.5 Å². The number of urea groups is 1. The molecular formula is C16H25ClN4O3. The molecule has 0 aliphatic carbocycles. The van der Waals surface area contributed by atoms with E-state index < -0.39 is 5.41 Å². The monoisotopic (exact) mass is 356 g/mol. The van der Waals surface area contributed by atoms with Crippen molar-refractivity contribution in [2.24, 2.45) is 11.1 Å². The third kappa shape index (κ3) is 5.09. The lowest BCUT2D eigenvalue weighted by Crippen LogP contribution is -2.46. The van der Waals surface area contributed by atoms with Gasteiger partial charge in [0, 0.05) is 37.7 Å². The highest BCUT2D eigenvalue weighted by molar-refractivity contribution is 5.96. The van der Waals surface area contributed by atoms with Crippen molar-refractivity contribution in [2.45, 2.75) is 19.8 Å². The second-order valence-electron chi connectivity index (χ2n) is 5.62. The maximum absolute atomic E-state index is 12.6. The Hall–Kier alpha value is -1.83. The molecule has 3 amide bonds. The summed E-state index contributed by atoms with van der Waals surface area (Å²) in [5.41, 5.74) is 6.50. The number of ether oxygens (including phenoxy) is 1. The topological polar surface area (TPSA) is 105 Å². The van der Waals surface area contributed by atoms with Gasteiger partial charge in [-0.3, -0.25) is 4.79 Å². The minimum Gasteiger partial charge on any atom is -0.381 e. The van der Waals surface area contributed by atoms with E-state index in [0.29, 0.717) is 50.5 Å². The molecule has 24 heavy (non-hydrogen) atoms. The summed E-state index contributed by atoms with van der Waals surface area (Å²) in [6, 6.07) is 6.76. The van der Waals surface area contributed by atoms with Crippen LogP contribution >= 0.6 is 12.4 Å². The average Bonchev–Trinajstić information content (AvgIpc) is 2.56. The molecule has 1 aliphatic rings. The van der Waals surface area contributed by atoms with E-state index in [2.05, 4.69) is 16.0 Å². The molecule has 7 nitrogen and oxygen atoms in total. The van der Waals surface area contributed by atoms with Gasteiger partial charge >= 0.3 is 6.03 Å². The van der Waals surface area contributed by atoms with Crippen LogP contribution in [0, 0.1) is 5.41 Å². The molecule has 8 heteroatoms. The molecule has 0 bridgehead atoms. The van der Waals surface area contributed by atoms with Crippen molar-refractivity contribution in [3.05, 3.63) is 24.3 Å². The summed E-state index contributed by atoms with van der Waals surface area (Å²) in [7, 11) is 0. The van der Waals surface area contributed by atoms with Gasteiger partial charge in [-0.05, 0) is 38.0 Å². The number of anilines is 2. The molecule has 0 saturated carbocycles. The largest absolute Gasteiger partial charge is 0.381 e. The van der Waals surface area contributed by atoms with Gasteiger partial charge in [-0.15, -0.1) is 12.4 Å². The zero-order valence-electron chi connectivity index (χ0n) is 13.8. The summed E-state index contributed by atoms with van der Waals surface area (Å²) in [4.78, 5) is 24.2. The summed E-state index contributed by atoms with van der Waals surface area (Å²) in [6.07, 6.45) is 1.23. The summed E-state index contributed by atoms with van der Waals surface area (Å²) in [6.45, 7) is 3.77. The van der Waals surface area contributed by atoms with Crippen LogP contribution < -0.4 is 21.7 Å². The van der Waals surface area contributed by atoms with Gasteiger partial charge in [0.15, 0.2) is 0 Å². The molecule has 0 aromatic heterocycles. The third-order valence-electron chi connectivity index (χ3n) is 4.04. The van der Waals surface area contributed by atoms with Crippen molar-refractivity contribution in [1.29, 1.82) is 0 Å². The molecule has 1 heterocycles. The van der Waals surface area contributed by atoms with E-state index in [1.807, 2.05) is 6.92 Å². The lowest BCUT2D eigenvalue weighted by molar-refractivity contribution is -0.130. The molecule has 1 aliphatic heterocycles. The molecule has 134 valence electrons. The quantitative estimate of drug-likeness (QED) is 0.647. The Balaban J connectivity index is 0.00000288. The van der Waals surface area contributed by atoms with E-state index in [1.54, 1.807) is 24.3 Å². The van der Waals surface area contributed by atoms with Crippen LogP contribution in [-0.4, -0.2) is 38.2 Å². The number of amides is 3. The van der Waals surface area contributed by atoms with Crippen molar-refractivity contribution in [2.75, 3.05) is 36.9 Å². The van der Waals surface area contributed by atoms with Crippen LogP contribution in [0.3, 0.4) is 0 Å².